The molecule has 1 unspecified atom stereocenters. The van der Waals surface area contributed by atoms with Crippen molar-refractivity contribution in [2.75, 3.05) is 26.0 Å². The third-order valence-corrected chi connectivity index (χ3v) is 3.71. The van der Waals surface area contributed by atoms with Gasteiger partial charge in [-0.15, -0.1) is 0 Å². The largest absolute Gasteiger partial charge is 0.394 e. The summed E-state index contributed by atoms with van der Waals surface area (Å²) in [7, 11) is 0. The first-order valence-electron chi connectivity index (χ1n) is 6.58. The van der Waals surface area contributed by atoms with E-state index in [2.05, 4.69) is 17.2 Å². The van der Waals surface area contributed by atoms with Crippen LogP contribution >= 0.6 is 11.8 Å². The molecule has 0 aromatic rings. The van der Waals surface area contributed by atoms with Crippen LogP contribution in [0.25, 0.3) is 0 Å². The Hall–Kier alpha value is -0.340. The summed E-state index contributed by atoms with van der Waals surface area (Å²) >= 11 is 1.47. The van der Waals surface area contributed by atoms with Crippen molar-refractivity contribution in [2.24, 2.45) is 4.99 Å². The van der Waals surface area contributed by atoms with E-state index in [-0.39, 0.29) is 13.2 Å². The molecule has 0 aromatic carbocycles. The normalized spacial score (nSPS) is 32.4. The highest BCUT2D eigenvalue weighted by atomic mass is 32.2. The first kappa shape index (κ1) is 16.7. The lowest BCUT2D eigenvalue weighted by molar-refractivity contribution is -0.155. The van der Waals surface area contributed by atoms with Crippen LogP contribution in [0.4, 0.5) is 0 Å². The minimum atomic E-state index is -1.11. The van der Waals surface area contributed by atoms with Crippen molar-refractivity contribution in [3.05, 3.63) is 0 Å². The molecule has 1 fully saturated rings. The van der Waals surface area contributed by atoms with Gasteiger partial charge in [0.15, 0.2) is 5.17 Å². The molecule has 19 heavy (non-hydrogen) atoms. The van der Waals surface area contributed by atoms with Crippen LogP contribution in [0.15, 0.2) is 4.99 Å². The first-order valence-corrected chi connectivity index (χ1v) is 7.80. The summed E-state index contributed by atoms with van der Waals surface area (Å²) < 4.78 is 5.29. The van der Waals surface area contributed by atoms with Crippen LogP contribution in [0, 0.1) is 0 Å². The van der Waals surface area contributed by atoms with E-state index in [1.165, 1.54) is 11.8 Å². The van der Waals surface area contributed by atoms with Crippen LogP contribution in [0.2, 0.25) is 0 Å². The lowest BCUT2D eigenvalue weighted by atomic mass is 9.99. The Morgan fingerprint density at radius 3 is 2.74 bits per heavy atom. The van der Waals surface area contributed by atoms with Crippen molar-refractivity contribution in [3.8, 4) is 0 Å². The number of aliphatic hydroxyl groups is 3. The number of unbranched alkanes of at least 4 members (excludes halogenated alkanes) is 1. The standard InChI is InChI=1S/C12H24N2O4S/c1-3-4-5-13-12(19-2)14-8-7-18-9(6-15)11(17)10(8)16/h8-11,15-17H,3-7H2,1-2H3,(H,13,14)/t8?,9-,10-,11-/m1/s1. The van der Waals surface area contributed by atoms with Gasteiger partial charge in [0.25, 0.3) is 0 Å². The lowest BCUT2D eigenvalue weighted by Crippen LogP contribution is -2.53. The summed E-state index contributed by atoms with van der Waals surface area (Å²) in [4.78, 5) is 4.38. The van der Waals surface area contributed by atoms with Crippen molar-refractivity contribution < 1.29 is 20.1 Å². The monoisotopic (exact) mass is 292 g/mol. The zero-order valence-electron chi connectivity index (χ0n) is 11.5. The predicted octanol–water partition coefficient (Wildman–Crippen LogP) is -0.423. The van der Waals surface area contributed by atoms with Gasteiger partial charge in [0.1, 0.15) is 24.4 Å². The van der Waals surface area contributed by atoms with Crippen LogP contribution in [-0.2, 0) is 4.74 Å². The molecule has 1 aliphatic heterocycles. The second kappa shape index (κ2) is 8.76. The van der Waals surface area contributed by atoms with E-state index in [9.17, 15) is 10.2 Å². The van der Waals surface area contributed by atoms with Gasteiger partial charge >= 0.3 is 0 Å². The van der Waals surface area contributed by atoms with Crippen LogP contribution in [0.1, 0.15) is 19.8 Å². The van der Waals surface area contributed by atoms with Crippen LogP contribution in [0.5, 0.6) is 0 Å². The van der Waals surface area contributed by atoms with E-state index >= 15 is 0 Å². The summed E-state index contributed by atoms with van der Waals surface area (Å²) in [6.45, 7) is 2.84. The molecular weight excluding hydrogens is 268 g/mol. The first-order chi connectivity index (χ1) is 9.13. The molecule has 1 heterocycles. The Balaban J connectivity index is 2.58. The van der Waals surface area contributed by atoms with Crippen molar-refractivity contribution >= 4 is 16.9 Å². The number of nitrogens with zero attached hydrogens (tertiary/aromatic N) is 1. The number of aliphatic imine (C=N–C) groups is 1. The van der Waals surface area contributed by atoms with Gasteiger partial charge in [-0.05, 0) is 12.7 Å². The highest BCUT2D eigenvalue weighted by molar-refractivity contribution is 8.13. The molecule has 1 saturated heterocycles. The molecule has 1 rings (SSSR count). The van der Waals surface area contributed by atoms with E-state index in [0.29, 0.717) is 0 Å². The molecule has 6 nitrogen and oxygen atoms in total. The van der Waals surface area contributed by atoms with Gasteiger partial charge in [-0.2, -0.15) is 0 Å². The molecule has 4 atom stereocenters. The number of thioether (sulfide) groups is 1. The molecule has 0 saturated carbocycles. The van der Waals surface area contributed by atoms with Gasteiger partial charge in [-0.3, -0.25) is 4.99 Å². The summed E-state index contributed by atoms with van der Waals surface area (Å²) in [6.07, 6.45) is 1.21. The Kier molecular flexibility index (Phi) is 7.70. The Bertz CT molecular complexity index is 291. The molecule has 4 N–H and O–H groups in total. The summed E-state index contributed by atoms with van der Waals surface area (Å²) in [5, 5.41) is 32.7. The van der Waals surface area contributed by atoms with Crippen molar-refractivity contribution in [1.82, 2.24) is 5.32 Å². The van der Waals surface area contributed by atoms with Crippen LogP contribution in [-0.4, -0.2) is 70.9 Å². The quantitative estimate of drug-likeness (QED) is 0.312. The lowest BCUT2D eigenvalue weighted by Gasteiger charge is -2.35. The number of ether oxygens (including phenoxy) is 1. The van der Waals surface area contributed by atoms with Crippen LogP contribution in [0.3, 0.4) is 0 Å². The fourth-order valence-corrected chi connectivity index (χ4v) is 2.32. The van der Waals surface area contributed by atoms with E-state index in [4.69, 9.17) is 9.84 Å². The molecule has 0 aromatic heterocycles. The van der Waals surface area contributed by atoms with E-state index < -0.39 is 24.4 Å². The highest BCUT2D eigenvalue weighted by Gasteiger charge is 2.38. The second-order valence-electron chi connectivity index (χ2n) is 4.52. The topological polar surface area (TPSA) is 94.3 Å². The SMILES string of the molecule is CCCCN/C(=N/C1CO[C@H](CO)[C@@H](O)[C@@H]1O)SC. The van der Waals surface area contributed by atoms with E-state index in [1.807, 2.05) is 6.26 Å². The molecule has 0 bridgehead atoms. The fourth-order valence-electron chi connectivity index (χ4n) is 1.83. The fraction of sp³-hybridized carbons (Fsp3) is 0.917. The Labute approximate surface area is 118 Å². The average Bonchev–Trinajstić information content (AvgIpc) is 2.43. The zero-order chi connectivity index (χ0) is 14.3. The number of nitrogens with one attached hydrogen (secondary N) is 1. The Morgan fingerprint density at radius 1 is 1.42 bits per heavy atom. The number of aliphatic hydroxyl groups excluding tert-OH is 3. The summed E-state index contributed by atoms with van der Waals surface area (Å²) in [6, 6.07) is -0.505. The number of amidine groups is 1. The zero-order valence-corrected chi connectivity index (χ0v) is 12.3. The van der Waals surface area contributed by atoms with Gasteiger partial charge in [0.05, 0.1) is 13.2 Å². The third kappa shape index (κ3) is 4.92. The predicted molar refractivity (Wildman–Crippen MR) is 76.5 cm³/mol. The summed E-state index contributed by atoms with van der Waals surface area (Å²) in [5.41, 5.74) is 0. The van der Waals surface area contributed by atoms with Crippen LogP contribution < -0.4 is 5.32 Å². The maximum Gasteiger partial charge on any atom is 0.156 e. The minimum absolute atomic E-state index is 0.197. The number of hydrogen-bond acceptors (Lipinski definition) is 6. The molecule has 0 spiro atoms. The van der Waals surface area contributed by atoms with Crippen molar-refractivity contribution in [2.45, 2.75) is 44.1 Å². The average molecular weight is 292 g/mol. The molecule has 7 heteroatoms. The molecule has 0 aliphatic carbocycles. The number of rotatable bonds is 5. The van der Waals surface area contributed by atoms with Gasteiger partial charge in [0, 0.05) is 6.54 Å². The van der Waals surface area contributed by atoms with Gasteiger partial charge in [-0.1, -0.05) is 25.1 Å². The van der Waals surface area contributed by atoms with Gasteiger partial charge in [0.2, 0.25) is 0 Å². The molecule has 0 radical (unpaired) electrons. The van der Waals surface area contributed by atoms with Gasteiger partial charge < -0.3 is 25.4 Å². The Morgan fingerprint density at radius 2 is 2.16 bits per heavy atom. The third-order valence-electron chi connectivity index (χ3n) is 3.07. The maximum atomic E-state index is 9.97. The minimum Gasteiger partial charge on any atom is -0.394 e. The maximum absolute atomic E-state index is 9.97. The molecule has 1 aliphatic rings. The summed E-state index contributed by atoms with van der Waals surface area (Å²) in [5.74, 6) is 0. The smallest absolute Gasteiger partial charge is 0.156 e. The van der Waals surface area contributed by atoms with Gasteiger partial charge in [-0.25, -0.2) is 0 Å². The van der Waals surface area contributed by atoms with Crippen molar-refractivity contribution in [1.29, 1.82) is 0 Å². The van der Waals surface area contributed by atoms with Crippen molar-refractivity contribution in [3.63, 3.8) is 0 Å². The van der Waals surface area contributed by atoms with E-state index in [1.54, 1.807) is 0 Å². The second-order valence-corrected chi connectivity index (χ2v) is 5.32. The highest BCUT2D eigenvalue weighted by Crippen LogP contribution is 2.18. The molecule has 0 amide bonds. The molecular formula is C12H24N2O4S. The van der Waals surface area contributed by atoms with E-state index in [0.717, 1.165) is 24.6 Å². The molecule has 112 valence electrons. The number of hydrogen-bond donors (Lipinski definition) is 4.